The molecule has 3 rings (SSSR count). The van der Waals surface area contributed by atoms with Crippen LogP contribution in [0.1, 0.15) is 26.8 Å². The molecule has 0 N–H and O–H groups in total. The topological polar surface area (TPSA) is 65.4 Å². The fraction of sp³-hybridized carbons (Fsp3) is 0.150. The maximum absolute atomic E-state index is 12.7. The van der Waals surface area contributed by atoms with Crippen molar-refractivity contribution in [3.05, 3.63) is 92.0 Å². The van der Waals surface area contributed by atoms with Gasteiger partial charge in [-0.05, 0) is 17.1 Å². The van der Waals surface area contributed by atoms with Gasteiger partial charge in [-0.2, -0.15) is 0 Å². The third-order valence-corrected chi connectivity index (χ3v) is 5.70. The third-order valence-electron chi connectivity index (χ3n) is 4.05. The number of carbonyl (C=O) groups is 2. The molecule has 0 radical (unpaired) electrons. The third kappa shape index (κ3) is 4.02. The molecular formula is C20H16ClNO4S. The number of ketones is 1. The molecule has 1 heterocycles. The number of methoxy groups -OCH3 is 1. The zero-order valence-corrected chi connectivity index (χ0v) is 16.0. The maximum atomic E-state index is 12.7. The first-order valence-electron chi connectivity index (χ1n) is 8.15. The van der Waals surface area contributed by atoms with Gasteiger partial charge in [-0.3, -0.25) is 9.59 Å². The van der Waals surface area contributed by atoms with Gasteiger partial charge in [0.1, 0.15) is 15.9 Å². The maximum Gasteiger partial charge on any atom is 0.330 e. The van der Waals surface area contributed by atoms with Crippen molar-refractivity contribution in [2.75, 3.05) is 7.11 Å². The first kappa shape index (κ1) is 19.1. The number of nitrogens with zero attached hydrogens (tertiary/aromatic N) is 1. The number of halogens is 1. The highest BCUT2D eigenvalue weighted by Gasteiger charge is 2.29. The molecule has 27 heavy (non-hydrogen) atoms. The van der Waals surface area contributed by atoms with Crippen LogP contribution in [0.2, 0.25) is 5.02 Å². The second-order valence-corrected chi connectivity index (χ2v) is 7.15. The molecule has 1 aromatic heterocycles. The number of aromatic nitrogens is 1. The van der Waals surface area contributed by atoms with Crippen molar-refractivity contribution in [3.8, 4) is 0 Å². The summed E-state index contributed by atoms with van der Waals surface area (Å²) in [6, 6.07) is 16.9. The minimum Gasteiger partial charge on any atom is -0.467 e. The van der Waals surface area contributed by atoms with E-state index in [1.165, 1.54) is 11.1 Å². The quantitative estimate of drug-likeness (QED) is 0.466. The number of hydrogen-bond acceptors (Lipinski definition) is 5. The average molecular weight is 402 g/mol. The van der Waals surface area contributed by atoms with E-state index in [4.69, 9.17) is 16.3 Å². The van der Waals surface area contributed by atoms with E-state index < -0.39 is 17.6 Å². The number of rotatable bonds is 6. The van der Waals surface area contributed by atoms with Gasteiger partial charge in [0, 0.05) is 12.0 Å². The lowest BCUT2D eigenvalue weighted by molar-refractivity contribution is -0.144. The molecule has 7 heteroatoms. The molecule has 138 valence electrons. The summed E-state index contributed by atoms with van der Waals surface area (Å²) in [4.78, 5) is 37.8. The van der Waals surface area contributed by atoms with E-state index in [1.54, 1.807) is 30.3 Å². The monoisotopic (exact) mass is 401 g/mol. The highest BCUT2D eigenvalue weighted by Crippen LogP contribution is 2.26. The van der Waals surface area contributed by atoms with Crippen molar-refractivity contribution < 1.29 is 14.3 Å². The van der Waals surface area contributed by atoms with Gasteiger partial charge in [0.05, 0.1) is 7.11 Å². The van der Waals surface area contributed by atoms with E-state index in [1.807, 2.05) is 30.3 Å². The first-order chi connectivity index (χ1) is 13.0. The van der Waals surface area contributed by atoms with Crippen molar-refractivity contribution in [2.45, 2.75) is 12.5 Å². The van der Waals surface area contributed by atoms with Crippen LogP contribution >= 0.6 is 23.1 Å². The molecule has 5 nitrogen and oxygen atoms in total. The molecule has 0 spiro atoms. The largest absolute Gasteiger partial charge is 0.467 e. The van der Waals surface area contributed by atoms with Gasteiger partial charge in [0.15, 0.2) is 0 Å². The number of carbonyl (C=O) groups excluding carboxylic acids is 2. The highest BCUT2D eigenvalue weighted by atomic mass is 35.5. The minimum atomic E-state index is -0.898. The molecule has 0 aliphatic rings. The summed E-state index contributed by atoms with van der Waals surface area (Å²) < 4.78 is 6.09. The Labute approximate surface area is 164 Å². The summed E-state index contributed by atoms with van der Waals surface area (Å²) in [6.07, 6.45) is 0.253. The average Bonchev–Trinajstić information content (AvgIpc) is 3.01. The van der Waals surface area contributed by atoms with Crippen LogP contribution in [0.4, 0.5) is 0 Å². The zero-order chi connectivity index (χ0) is 19.4. The molecular weight excluding hydrogens is 386 g/mol. The Bertz CT molecular complexity index is 1010. The van der Waals surface area contributed by atoms with Gasteiger partial charge in [-0.25, -0.2) is 8.75 Å². The lowest BCUT2D eigenvalue weighted by Crippen LogP contribution is -2.28. The standard InChI is InChI=1S/C20H16ClNO4S/c1-26-20(25)15(12-13-8-4-2-5-9-13)22-19(24)16(21)18(27-22)17(23)14-10-6-3-7-11-14/h2-11,15H,12H2,1H3. The fourth-order valence-corrected chi connectivity index (χ4v) is 4.03. The van der Waals surface area contributed by atoms with Gasteiger partial charge in [-0.1, -0.05) is 72.3 Å². The lowest BCUT2D eigenvalue weighted by atomic mass is 10.1. The van der Waals surface area contributed by atoms with E-state index in [0.717, 1.165) is 17.1 Å². The van der Waals surface area contributed by atoms with Crippen LogP contribution in [0.25, 0.3) is 0 Å². The van der Waals surface area contributed by atoms with Crippen molar-refractivity contribution in [3.63, 3.8) is 0 Å². The molecule has 1 atom stereocenters. The van der Waals surface area contributed by atoms with Crippen LogP contribution in [-0.4, -0.2) is 22.8 Å². The van der Waals surface area contributed by atoms with Crippen LogP contribution < -0.4 is 5.56 Å². The van der Waals surface area contributed by atoms with Crippen molar-refractivity contribution in [1.29, 1.82) is 0 Å². The van der Waals surface area contributed by atoms with Crippen LogP contribution in [0.5, 0.6) is 0 Å². The van der Waals surface area contributed by atoms with Gasteiger partial charge < -0.3 is 4.74 Å². The summed E-state index contributed by atoms with van der Waals surface area (Å²) in [7, 11) is 1.26. The summed E-state index contributed by atoms with van der Waals surface area (Å²) in [5.74, 6) is -0.928. The molecule has 0 aliphatic heterocycles. The van der Waals surface area contributed by atoms with Crippen LogP contribution in [0.15, 0.2) is 65.5 Å². The molecule has 0 aliphatic carbocycles. The second kappa shape index (κ2) is 8.33. The molecule has 0 amide bonds. The van der Waals surface area contributed by atoms with Crippen molar-refractivity contribution in [1.82, 2.24) is 3.96 Å². The fourth-order valence-electron chi connectivity index (χ4n) is 2.68. The zero-order valence-electron chi connectivity index (χ0n) is 14.4. The molecule has 2 aromatic carbocycles. The predicted molar refractivity (Wildman–Crippen MR) is 105 cm³/mol. The molecule has 0 saturated carbocycles. The number of hydrogen-bond donors (Lipinski definition) is 0. The van der Waals surface area contributed by atoms with Crippen LogP contribution in [0.3, 0.4) is 0 Å². The molecule has 1 unspecified atom stereocenters. The van der Waals surface area contributed by atoms with E-state index >= 15 is 0 Å². The molecule has 0 fully saturated rings. The Morgan fingerprint density at radius 1 is 1.07 bits per heavy atom. The van der Waals surface area contributed by atoms with E-state index in [9.17, 15) is 14.4 Å². The first-order valence-corrected chi connectivity index (χ1v) is 9.31. The summed E-state index contributed by atoms with van der Waals surface area (Å²) in [6.45, 7) is 0. The Hall–Kier alpha value is -2.70. The Morgan fingerprint density at radius 2 is 1.67 bits per heavy atom. The van der Waals surface area contributed by atoms with Gasteiger partial charge in [0.2, 0.25) is 5.78 Å². The van der Waals surface area contributed by atoms with Crippen LogP contribution in [-0.2, 0) is 16.0 Å². The van der Waals surface area contributed by atoms with E-state index in [2.05, 4.69) is 0 Å². The van der Waals surface area contributed by atoms with Crippen LogP contribution in [0, 0.1) is 0 Å². The van der Waals surface area contributed by atoms with Gasteiger partial charge in [0.25, 0.3) is 5.56 Å². The summed E-state index contributed by atoms with van der Waals surface area (Å²) in [5.41, 5.74) is 0.706. The Kier molecular flexibility index (Phi) is 5.88. The van der Waals surface area contributed by atoms with E-state index in [-0.39, 0.29) is 22.1 Å². The molecule has 0 bridgehead atoms. The predicted octanol–water partition coefficient (Wildman–Crippen LogP) is 3.75. The number of esters is 1. The van der Waals surface area contributed by atoms with Gasteiger partial charge >= 0.3 is 5.97 Å². The number of ether oxygens (including phenoxy) is 1. The second-order valence-electron chi connectivity index (χ2n) is 5.79. The molecule has 3 aromatic rings. The van der Waals surface area contributed by atoms with Crippen molar-refractivity contribution in [2.24, 2.45) is 0 Å². The SMILES string of the molecule is COC(=O)C(Cc1ccccc1)n1sc(C(=O)c2ccccc2)c(Cl)c1=O. The summed E-state index contributed by atoms with van der Waals surface area (Å²) >= 11 is 7.04. The van der Waals surface area contributed by atoms with Crippen molar-refractivity contribution >= 4 is 34.9 Å². The lowest BCUT2D eigenvalue weighted by Gasteiger charge is -2.14. The normalized spacial score (nSPS) is 11.8. The number of benzene rings is 2. The molecule has 0 saturated heterocycles. The van der Waals surface area contributed by atoms with E-state index in [0.29, 0.717) is 5.56 Å². The summed E-state index contributed by atoms with van der Waals surface area (Å²) in [5, 5.41) is -0.184. The van der Waals surface area contributed by atoms with Gasteiger partial charge in [-0.15, -0.1) is 0 Å². The smallest absolute Gasteiger partial charge is 0.330 e. The highest BCUT2D eigenvalue weighted by molar-refractivity contribution is 7.09. The Morgan fingerprint density at radius 3 is 2.26 bits per heavy atom. The Balaban J connectivity index is 2.02. The minimum absolute atomic E-state index is 0.106.